The molecule has 0 aliphatic rings. The molecule has 4 nitrogen and oxygen atoms in total. The lowest BCUT2D eigenvalue weighted by Crippen LogP contribution is -2.47. The van der Waals surface area contributed by atoms with Gasteiger partial charge in [0.25, 0.3) is 0 Å². The van der Waals surface area contributed by atoms with Gasteiger partial charge in [-0.25, -0.2) is 0 Å². The van der Waals surface area contributed by atoms with Crippen molar-refractivity contribution in [3.8, 4) is 0 Å². The van der Waals surface area contributed by atoms with Crippen LogP contribution in [-0.2, 0) is 17.5 Å². The number of nitrogens with zero attached hydrogens (tertiary/aromatic N) is 1. The molecule has 0 fully saturated rings. The van der Waals surface area contributed by atoms with E-state index in [0.29, 0.717) is 12.1 Å². The molecule has 3 N–H and O–H groups in total. The minimum absolute atomic E-state index is 0.0768. The third-order valence-electron chi connectivity index (χ3n) is 2.94. The number of hydrogen-bond donors (Lipinski definition) is 2. The van der Waals surface area contributed by atoms with Crippen LogP contribution in [0.3, 0.4) is 0 Å². The molecule has 124 valence electrons. The molecule has 0 aliphatic carbocycles. The number of alkyl halides is 3. The lowest BCUT2D eigenvalue weighted by atomic mass is 10.1. The van der Waals surface area contributed by atoms with Gasteiger partial charge in [-0.3, -0.25) is 9.69 Å². The van der Waals surface area contributed by atoms with Gasteiger partial charge in [-0.05, 0) is 25.5 Å². The lowest BCUT2D eigenvalue weighted by molar-refractivity contribution is -0.137. The van der Waals surface area contributed by atoms with Gasteiger partial charge in [0.05, 0.1) is 12.1 Å². The predicted octanol–water partition coefficient (Wildman–Crippen LogP) is 1.99. The maximum absolute atomic E-state index is 12.7. The molecule has 1 rings (SSSR count). The fraction of sp³-hybridized carbons (Fsp3) is 0.533. The highest BCUT2D eigenvalue weighted by molar-refractivity contribution is 5.77. The van der Waals surface area contributed by atoms with Gasteiger partial charge < -0.3 is 11.1 Å². The van der Waals surface area contributed by atoms with Crippen LogP contribution in [0.1, 0.15) is 25.0 Å². The molecular weight excluding hydrogens is 295 g/mol. The summed E-state index contributed by atoms with van der Waals surface area (Å²) in [6.45, 7) is 4.29. The van der Waals surface area contributed by atoms with E-state index in [0.717, 1.165) is 12.1 Å². The van der Waals surface area contributed by atoms with Crippen molar-refractivity contribution in [1.82, 2.24) is 10.2 Å². The van der Waals surface area contributed by atoms with Gasteiger partial charge in [0, 0.05) is 25.7 Å². The minimum atomic E-state index is -4.38. The normalized spacial score (nSPS) is 12.5. The molecule has 0 unspecified atom stereocenters. The molecule has 7 heteroatoms. The minimum Gasteiger partial charge on any atom is -0.358 e. The number of nitrogens with one attached hydrogen (secondary N) is 1. The monoisotopic (exact) mass is 317 g/mol. The number of likely N-dealkylation sites (N-methyl/N-ethyl adjacent to an activating group) is 1. The van der Waals surface area contributed by atoms with Crippen LogP contribution in [0.4, 0.5) is 13.2 Å². The van der Waals surface area contributed by atoms with Crippen LogP contribution in [-0.4, -0.2) is 36.5 Å². The van der Waals surface area contributed by atoms with E-state index in [2.05, 4.69) is 5.32 Å². The second-order valence-electron chi connectivity index (χ2n) is 6.01. The Bertz CT molecular complexity index is 509. The summed E-state index contributed by atoms with van der Waals surface area (Å²) < 4.78 is 38.2. The largest absolute Gasteiger partial charge is 0.416 e. The quantitative estimate of drug-likeness (QED) is 0.843. The fourth-order valence-corrected chi connectivity index (χ4v) is 2.13. The van der Waals surface area contributed by atoms with Gasteiger partial charge in [-0.15, -0.1) is 0 Å². The first kappa shape index (κ1) is 18.4. The van der Waals surface area contributed by atoms with Crippen LogP contribution < -0.4 is 11.1 Å². The zero-order valence-corrected chi connectivity index (χ0v) is 13.0. The Kier molecular flexibility index (Phi) is 5.96. The van der Waals surface area contributed by atoms with E-state index in [4.69, 9.17) is 5.73 Å². The Labute approximate surface area is 128 Å². The molecule has 0 spiro atoms. The molecule has 0 bridgehead atoms. The van der Waals surface area contributed by atoms with E-state index >= 15 is 0 Å². The van der Waals surface area contributed by atoms with Gasteiger partial charge in [-0.2, -0.15) is 13.2 Å². The SMILES string of the molecule is CNC(=O)CN(Cc1cccc(C(F)(F)F)c1)CC(C)(C)N. The highest BCUT2D eigenvalue weighted by atomic mass is 19.4. The zero-order valence-electron chi connectivity index (χ0n) is 13.0. The van der Waals surface area contributed by atoms with Crippen molar-refractivity contribution in [3.05, 3.63) is 35.4 Å². The average Bonchev–Trinajstić information content (AvgIpc) is 2.35. The summed E-state index contributed by atoms with van der Waals surface area (Å²) >= 11 is 0. The molecule has 0 aromatic heterocycles. The molecule has 1 amide bonds. The summed E-state index contributed by atoms with van der Waals surface area (Å²) in [6, 6.07) is 5.10. The second kappa shape index (κ2) is 7.11. The molecular formula is C15H22F3N3O. The maximum Gasteiger partial charge on any atom is 0.416 e. The van der Waals surface area contributed by atoms with Crippen LogP contribution in [0.5, 0.6) is 0 Å². The lowest BCUT2D eigenvalue weighted by Gasteiger charge is -2.29. The van der Waals surface area contributed by atoms with E-state index in [1.807, 2.05) is 0 Å². The summed E-state index contributed by atoms with van der Waals surface area (Å²) in [7, 11) is 1.51. The molecule has 0 saturated carbocycles. The highest BCUT2D eigenvalue weighted by Gasteiger charge is 2.30. The Morgan fingerprint density at radius 1 is 1.32 bits per heavy atom. The number of carbonyl (C=O) groups excluding carboxylic acids is 1. The molecule has 0 heterocycles. The van der Waals surface area contributed by atoms with Crippen LogP contribution in [0, 0.1) is 0 Å². The summed E-state index contributed by atoms with van der Waals surface area (Å²) in [5, 5.41) is 2.50. The van der Waals surface area contributed by atoms with Crippen molar-refractivity contribution in [2.75, 3.05) is 20.1 Å². The first-order valence-corrected chi connectivity index (χ1v) is 6.89. The fourth-order valence-electron chi connectivity index (χ4n) is 2.13. The number of halogens is 3. The van der Waals surface area contributed by atoms with Crippen molar-refractivity contribution < 1.29 is 18.0 Å². The molecule has 0 saturated heterocycles. The van der Waals surface area contributed by atoms with Crippen LogP contribution in [0.2, 0.25) is 0 Å². The zero-order chi connectivity index (χ0) is 17.0. The molecule has 0 atom stereocenters. The third kappa shape index (κ3) is 6.44. The Morgan fingerprint density at radius 2 is 1.95 bits per heavy atom. The van der Waals surface area contributed by atoms with E-state index in [-0.39, 0.29) is 19.0 Å². The Balaban J connectivity index is 2.91. The topological polar surface area (TPSA) is 58.4 Å². The molecule has 0 aliphatic heterocycles. The van der Waals surface area contributed by atoms with Crippen LogP contribution >= 0.6 is 0 Å². The van der Waals surface area contributed by atoms with E-state index in [9.17, 15) is 18.0 Å². The number of hydrogen-bond acceptors (Lipinski definition) is 3. The summed E-state index contributed by atoms with van der Waals surface area (Å²) in [4.78, 5) is 13.3. The molecule has 22 heavy (non-hydrogen) atoms. The van der Waals surface area contributed by atoms with Crippen LogP contribution in [0.15, 0.2) is 24.3 Å². The number of benzene rings is 1. The van der Waals surface area contributed by atoms with Gasteiger partial charge in [-0.1, -0.05) is 18.2 Å². The van der Waals surface area contributed by atoms with Crippen molar-refractivity contribution in [2.45, 2.75) is 32.1 Å². The number of carbonyl (C=O) groups is 1. The van der Waals surface area contributed by atoms with Crippen LogP contribution in [0.25, 0.3) is 0 Å². The summed E-state index contributed by atoms with van der Waals surface area (Å²) in [5.74, 6) is -0.212. The highest BCUT2D eigenvalue weighted by Crippen LogP contribution is 2.29. The number of nitrogens with two attached hydrogens (primary N) is 1. The number of amides is 1. The molecule has 1 aromatic carbocycles. The first-order valence-electron chi connectivity index (χ1n) is 6.89. The first-order chi connectivity index (χ1) is 10.0. The Morgan fingerprint density at radius 3 is 2.45 bits per heavy atom. The van der Waals surface area contributed by atoms with Crippen molar-refractivity contribution in [1.29, 1.82) is 0 Å². The van der Waals surface area contributed by atoms with Gasteiger partial charge >= 0.3 is 6.18 Å². The Hall–Kier alpha value is -1.60. The van der Waals surface area contributed by atoms with Gasteiger partial charge in [0.1, 0.15) is 0 Å². The van der Waals surface area contributed by atoms with Crippen molar-refractivity contribution in [3.63, 3.8) is 0 Å². The third-order valence-corrected chi connectivity index (χ3v) is 2.94. The smallest absolute Gasteiger partial charge is 0.358 e. The second-order valence-corrected chi connectivity index (χ2v) is 6.01. The predicted molar refractivity (Wildman–Crippen MR) is 79.1 cm³/mol. The van der Waals surface area contributed by atoms with Gasteiger partial charge in [0.15, 0.2) is 0 Å². The molecule has 1 aromatic rings. The standard InChI is InChI=1S/C15H22F3N3O/c1-14(2,19)10-21(9-13(22)20-3)8-11-5-4-6-12(7-11)15(16,17)18/h4-7H,8-10,19H2,1-3H3,(H,20,22). The van der Waals surface area contributed by atoms with E-state index in [1.54, 1.807) is 24.8 Å². The summed E-state index contributed by atoms with van der Waals surface area (Å²) in [6.07, 6.45) is -4.38. The van der Waals surface area contributed by atoms with E-state index < -0.39 is 17.3 Å². The van der Waals surface area contributed by atoms with Crippen molar-refractivity contribution >= 4 is 5.91 Å². The van der Waals surface area contributed by atoms with Gasteiger partial charge in [0.2, 0.25) is 5.91 Å². The maximum atomic E-state index is 12.7. The van der Waals surface area contributed by atoms with E-state index in [1.165, 1.54) is 13.1 Å². The summed E-state index contributed by atoms with van der Waals surface area (Å²) in [5.41, 5.74) is 5.18. The number of rotatable bonds is 6. The molecule has 0 radical (unpaired) electrons. The average molecular weight is 317 g/mol. The van der Waals surface area contributed by atoms with Crippen molar-refractivity contribution in [2.24, 2.45) is 5.73 Å².